The average Bonchev–Trinajstić information content (AvgIpc) is 3.15. The molecule has 3 heterocycles. The summed E-state index contributed by atoms with van der Waals surface area (Å²) in [7, 11) is 0. The van der Waals surface area contributed by atoms with Gasteiger partial charge in [0, 0.05) is 44.4 Å². The van der Waals surface area contributed by atoms with Crippen molar-refractivity contribution in [2.75, 3.05) is 0 Å². The number of nitrogens with zero attached hydrogens (tertiary/aromatic N) is 4. The maximum absolute atomic E-state index is 5.47. The van der Waals surface area contributed by atoms with Gasteiger partial charge in [0.1, 0.15) is 0 Å². The summed E-state index contributed by atoms with van der Waals surface area (Å²) in [4.78, 5) is 21.0. The van der Waals surface area contributed by atoms with Gasteiger partial charge in [-0.05, 0) is 42.2 Å². The smallest absolute Gasteiger partial charge is 0.0974 e. The van der Waals surface area contributed by atoms with E-state index in [4.69, 9.17) is 19.9 Å². The predicted octanol–water partition coefficient (Wildman–Crippen LogP) is 11.3. The van der Waals surface area contributed by atoms with E-state index in [1.54, 1.807) is 0 Å². The first-order chi connectivity index (χ1) is 23.5. The lowest BCUT2D eigenvalue weighted by Crippen LogP contribution is -2.01. The lowest BCUT2D eigenvalue weighted by molar-refractivity contribution is 0.831. The van der Waals surface area contributed by atoms with Gasteiger partial charge in [-0.1, -0.05) is 141 Å². The molecule has 0 N–H and O–H groups in total. The molecule has 0 atom stereocenters. The summed E-state index contributed by atoms with van der Waals surface area (Å²) in [6.45, 7) is 6.42. The van der Waals surface area contributed by atoms with Crippen LogP contribution in [0.3, 0.4) is 0 Å². The predicted molar refractivity (Wildman–Crippen MR) is 199 cm³/mol. The van der Waals surface area contributed by atoms with Crippen LogP contribution in [0.1, 0.15) is 31.2 Å². The second-order valence-corrected chi connectivity index (χ2v) is 12.5. The minimum Gasteiger partial charge on any atom is -0.251 e. The van der Waals surface area contributed by atoms with Gasteiger partial charge in [-0.3, -0.25) is 9.97 Å². The first-order valence-electron chi connectivity index (χ1n) is 16.4. The zero-order valence-corrected chi connectivity index (χ0v) is 27.2. The molecule has 0 unspecified atom stereocenters. The molecule has 0 amide bonds. The number of aryl methyl sites for hydroxylation is 1. The molecule has 48 heavy (non-hydrogen) atoms. The van der Waals surface area contributed by atoms with E-state index in [-0.39, 0.29) is 5.92 Å². The van der Waals surface area contributed by atoms with E-state index in [0.717, 1.165) is 89.4 Å². The van der Waals surface area contributed by atoms with Crippen LogP contribution >= 0.6 is 0 Å². The monoisotopic (exact) mass is 618 g/mol. The Balaban J connectivity index is 1.39. The van der Waals surface area contributed by atoms with Crippen molar-refractivity contribution in [3.05, 3.63) is 157 Å². The molecule has 0 radical (unpaired) electrons. The van der Waals surface area contributed by atoms with Gasteiger partial charge in [0.2, 0.25) is 0 Å². The summed E-state index contributed by atoms with van der Waals surface area (Å²) >= 11 is 0. The third kappa shape index (κ3) is 5.41. The van der Waals surface area contributed by atoms with Gasteiger partial charge in [-0.2, -0.15) is 0 Å². The number of pyridine rings is 2. The van der Waals surface area contributed by atoms with Crippen LogP contribution in [0.15, 0.2) is 146 Å². The summed E-state index contributed by atoms with van der Waals surface area (Å²) in [5, 5.41) is 2.18. The quantitative estimate of drug-likeness (QED) is 0.174. The van der Waals surface area contributed by atoms with Crippen LogP contribution in [0, 0.1) is 6.92 Å². The molecule has 0 bridgehead atoms. The van der Waals surface area contributed by atoms with Crippen molar-refractivity contribution in [2.45, 2.75) is 26.7 Å². The molecule has 230 valence electrons. The van der Waals surface area contributed by atoms with Crippen LogP contribution in [-0.2, 0) is 0 Å². The highest BCUT2D eigenvalue weighted by molar-refractivity contribution is 6.08. The number of hydrogen-bond donors (Lipinski definition) is 0. The standard InChI is InChI=1S/C44H34N4/c1-28(2)38-27-37(36-25-24-33-23-22-29(3)45-42(33)44(36)46-38)34-20-13-21-35(26-34)43-41(32-18-11-6-12-19-32)47-39(30-14-7-4-8-15-30)40(48-43)31-16-9-5-10-17-31/h4-28H,1-3H3. The number of hydrogen-bond acceptors (Lipinski definition) is 4. The molecule has 0 aliphatic heterocycles. The van der Waals surface area contributed by atoms with Gasteiger partial charge < -0.3 is 0 Å². The highest BCUT2D eigenvalue weighted by Gasteiger charge is 2.20. The van der Waals surface area contributed by atoms with E-state index in [9.17, 15) is 0 Å². The van der Waals surface area contributed by atoms with Crippen molar-refractivity contribution >= 4 is 21.8 Å². The molecule has 0 aliphatic rings. The van der Waals surface area contributed by atoms with Crippen molar-refractivity contribution in [2.24, 2.45) is 0 Å². The molecule has 3 aromatic heterocycles. The molecule has 4 nitrogen and oxygen atoms in total. The molecular formula is C44H34N4. The Morgan fingerprint density at radius 2 is 0.917 bits per heavy atom. The Bertz CT molecular complexity index is 2420. The molecule has 5 aromatic carbocycles. The summed E-state index contributed by atoms with van der Waals surface area (Å²) in [5.41, 5.74) is 13.6. The van der Waals surface area contributed by atoms with Gasteiger partial charge in [-0.25, -0.2) is 9.97 Å². The van der Waals surface area contributed by atoms with E-state index in [1.807, 2.05) is 25.1 Å². The van der Waals surface area contributed by atoms with Crippen molar-refractivity contribution < 1.29 is 0 Å². The molecule has 8 rings (SSSR count). The molecule has 0 fully saturated rings. The van der Waals surface area contributed by atoms with Crippen LogP contribution in [0.4, 0.5) is 0 Å². The van der Waals surface area contributed by atoms with Crippen LogP contribution < -0.4 is 0 Å². The van der Waals surface area contributed by atoms with E-state index in [0.29, 0.717) is 0 Å². The number of rotatable bonds is 6. The maximum atomic E-state index is 5.47. The van der Waals surface area contributed by atoms with Gasteiger partial charge in [0.15, 0.2) is 0 Å². The van der Waals surface area contributed by atoms with E-state index in [1.165, 1.54) is 0 Å². The highest BCUT2D eigenvalue weighted by Crippen LogP contribution is 2.40. The van der Waals surface area contributed by atoms with Crippen molar-refractivity contribution in [1.29, 1.82) is 0 Å². The topological polar surface area (TPSA) is 51.6 Å². The lowest BCUT2D eigenvalue weighted by atomic mass is 9.93. The number of aromatic nitrogens is 4. The molecule has 0 spiro atoms. The normalized spacial score (nSPS) is 11.4. The highest BCUT2D eigenvalue weighted by atomic mass is 14.9. The summed E-state index contributed by atoms with van der Waals surface area (Å²) < 4.78 is 0. The minimum absolute atomic E-state index is 0.255. The van der Waals surface area contributed by atoms with Crippen LogP contribution in [0.25, 0.3) is 78.0 Å². The van der Waals surface area contributed by atoms with Crippen LogP contribution in [0.2, 0.25) is 0 Å². The summed E-state index contributed by atoms with van der Waals surface area (Å²) in [6.07, 6.45) is 0. The van der Waals surface area contributed by atoms with Gasteiger partial charge in [0.25, 0.3) is 0 Å². The van der Waals surface area contributed by atoms with E-state index >= 15 is 0 Å². The van der Waals surface area contributed by atoms with Crippen LogP contribution in [0.5, 0.6) is 0 Å². The molecular weight excluding hydrogens is 585 g/mol. The Morgan fingerprint density at radius 3 is 1.48 bits per heavy atom. The number of fused-ring (bicyclic) bond motifs is 3. The van der Waals surface area contributed by atoms with Crippen molar-refractivity contribution in [3.63, 3.8) is 0 Å². The van der Waals surface area contributed by atoms with E-state index < -0.39 is 0 Å². The molecule has 4 heteroatoms. The van der Waals surface area contributed by atoms with Gasteiger partial charge >= 0.3 is 0 Å². The second kappa shape index (κ2) is 12.3. The van der Waals surface area contributed by atoms with E-state index in [2.05, 4.69) is 141 Å². The van der Waals surface area contributed by atoms with Crippen molar-refractivity contribution in [3.8, 4) is 56.2 Å². The fourth-order valence-corrected chi connectivity index (χ4v) is 6.39. The maximum Gasteiger partial charge on any atom is 0.0974 e. The van der Waals surface area contributed by atoms with Gasteiger partial charge in [-0.15, -0.1) is 0 Å². The molecule has 0 saturated heterocycles. The average molecular weight is 619 g/mol. The first-order valence-corrected chi connectivity index (χ1v) is 16.4. The Labute approximate surface area is 280 Å². The van der Waals surface area contributed by atoms with Crippen LogP contribution in [-0.4, -0.2) is 19.9 Å². The Hall–Kier alpha value is -6.00. The number of benzene rings is 5. The van der Waals surface area contributed by atoms with Gasteiger partial charge in [0.05, 0.1) is 33.8 Å². The van der Waals surface area contributed by atoms with Crippen molar-refractivity contribution in [1.82, 2.24) is 19.9 Å². The second-order valence-electron chi connectivity index (χ2n) is 12.5. The third-order valence-electron chi connectivity index (χ3n) is 8.87. The summed E-state index contributed by atoms with van der Waals surface area (Å²) in [6, 6.07) is 50.5. The lowest BCUT2D eigenvalue weighted by Gasteiger charge is -2.17. The Kier molecular flexibility index (Phi) is 7.54. The minimum atomic E-state index is 0.255. The zero-order chi connectivity index (χ0) is 32.6. The Morgan fingerprint density at radius 1 is 0.417 bits per heavy atom. The molecule has 0 aliphatic carbocycles. The molecule has 8 aromatic rings. The largest absolute Gasteiger partial charge is 0.251 e. The third-order valence-corrected chi connectivity index (χ3v) is 8.87. The first kappa shape index (κ1) is 29.4. The molecule has 0 saturated carbocycles. The fourth-order valence-electron chi connectivity index (χ4n) is 6.39. The SMILES string of the molecule is Cc1ccc2ccc3c(-c4cccc(-c5nc(-c6ccccc6)c(-c6ccccc6)nc5-c5ccccc5)c4)cc(C(C)C)nc3c2n1. The summed E-state index contributed by atoms with van der Waals surface area (Å²) in [5.74, 6) is 0.255. The zero-order valence-electron chi connectivity index (χ0n) is 27.2. The fraction of sp³-hybridized carbons (Fsp3) is 0.0909.